The van der Waals surface area contributed by atoms with Gasteiger partial charge in [-0.15, -0.1) is 0 Å². The molecule has 78 valence electrons. The highest BCUT2D eigenvalue weighted by Gasteiger charge is 2.14. The Balaban J connectivity index is 3.47. The van der Waals surface area contributed by atoms with Crippen LogP contribution in [0.25, 0.3) is 0 Å². The van der Waals surface area contributed by atoms with Gasteiger partial charge in [0.15, 0.2) is 0 Å². The van der Waals surface area contributed by atoms with Crippen molar-refractivity contribution >= 4 is 5.97 Å². The van der Waals surface area contributed by atoms with Crippen LogP contribution >= 0.6 is 0 Å². The van der Waals surface area contributed by atoms with Gasteiger partial charge >= 0.3 is 5.97 Å². The molecule has 2 N–H and O–H groups in total. The van der Waals surface area contributed by atoms with Gasteiger partial charge in [0.2, 0.25) is 0 Å². The molecule has 0 fully saturated rings. The summed E-state index contributed by atoms with van der Waals surface area (Å²) < 4.78 is 4.44. The van der Waals surface area contributed by atoms with Crippen LogP contribution in [0.1, 0.15) is 32.6 Å². The van der Waals surface area contributed by atoms with Crippen LogP contribution in [-0.4, -0.2) is 35.5 Å². The maximum atomic E-state index is 10.7. The van der Waals surface area contributed by atoms with Gasteiger partial charge in [0, 0.05) is 6.42 Å². The minimum Gasteiger partial charge on any atom is -0.469 e. The Morgan fingerprint density at radius 1 is 1.38 bits per heavy atom. The average molecular weight is 190 g/mol. The third-order valence-electron chi connectivity index (χ3n) is 1.97. The number of rotatable bonds is 6. The standard InChI is InChI=1S/C9H18O4/c1-3-7(10)8(11)5-4-6-9(12)13-2/h7-8,10-11H,3-6H2,1-2H3/t7-,8+/m0/s1. The molecule has 0 spiro atoms. The number of ether oxygens (including phenoxy) is 1. The molecule has 0 aliphatic carbocycles. The normalized spacial score (nSPS) is 15.1. The molecule has 2 atom stereocenters. The molecule has 13 heavy (non-hydrogen) atoms. The van der Waals surface area contributed by atoms with Crippen LogP contribution in [0.4, 0.5) is 0 Å². The molecule has 4 heteroatoms. The first-order valence-electron chi connectivity index (χ1n) is 4.54. The average Bonchev–Trinajstić information content (AvgIpc) is 2.15. The van der Waals surface area contributed by atoms with E-state index in [0.717, 1.165) is 0 Å². The Hall–Kier alpha value is -0.610. The molecule has 0 aliphatic rings. The minimum absolute atomic E-state index is 0.279. The first-order valence-corrected chi connectivity index (χ1v) is 4.54. The summed E-state index contributed by atoms with van der Waals surface area (Å²) in [7, 11) is 1.33. The SMILES string of the molecule is CC[C@H](O)[C@H](O)CCCC(=O)OC. The van der Waals surface area contributed by atoms with Gasteiger partial charge in [-0.25, -0.2) is 0 Å². The van der Waals surface area contributed by atoms with Gasteiger partial charge in [-0.05, 0) is 19.3 Å². The van der Waals surface area contributed by atoms with Gasteiger partial charge in [0.25, 0.3) is 0 Å². The fourth-order valence-corrected chi connectivity index (χ4v) is 1.02. The number of carbonyl (C=O) groups is 1. The van der Waals surface area contributed by atoms with E-state index >= 15 is 0 Å². The molecule has 4 nitrogen and oxygen atoms in total. The highest BCUT2D eigenvalue weighted by atomic mass is 16.5. The van der Waals surface area contributed by atoms with Crippen LogP contribution in [-0.2, 0) is 9.53 Å². The summed E-state index contributed by atoms with van der Waals surface area (Å²) >= 11 is 0. The van der Waals surface area contributed by atoms with E-state index in [0.29, 0.717) is 25.7 Å². The predicted octanol–water partition coefficient (Wildman–Crippen LogP) is 0.461. The number of hydrogen-bond acceptors (Lipinski definition) is 4. The molecular weight excluding hydrogens is 172 g/mol. The Morgan fingerprint density at radius 3 is 2.46 bits per heavy atom. The maximum Gasteiger partial charge on any atom is 0.305 e. The molecule has 0 amide bonds. The van der Waals surface area contributed by atoms with Crippen LogP contribution in [0.15, 0.2) is 0 Å². The highest BCUT2D eigenvalue weighted by molar-refractivity contribution is 5.68. The van der Waals surface area contributed by atoms with Crippen molar-refractivity contribution in [2.24, 2.45) is 0 Å². The highest BCUT2D eigenvalue weighted by Crippen LogP contribution is 2.07. The van der Waals surface area contributed by atoms with Crippen molar-refractivity contribution in [1.82, 2.24) is 0 Å². The molecule has 0 aromatic rings. The monoisotopic (exact) mass is 190 g/mol. The van der Waals surface area contributed by atoms with Crippen molar-refractivity contribution in [2.45, 2.75) is 44.8 Å². The smallest absolute Gasteiger partial charge is 0.305 e. The molecule has 0 saturated carbocycles. The number of methoxy groups -OCH3 is 1. The minimum atomic E-state index is -0.727. The number of aliphatic hydroxyl groups excluding tert-OH is 2. The first-order chi connectivity index (χ1) is 6.11. The first kappa shape index (κ1) is 12.4. The number of hydrogen-bond donors (Lipinski definition) is 2. The maximum absolute atomic E-state index is 10.7. The summed E-state index contributed by atoms with van der Waals surface area (Å²) in [5.41, 5.74) is 0. The summed E-state index contributed by atoms with van der Waals surface area (Å²) in [6.45, 7) is 1.80. The number of carbonyl (C=O) groups excluding carboxylic acids is 1. The molecular formula is C9H18O4. The van der Waals surface area contributed by atoms with Gasteiger partial charge in [0.1, 0.15) is 0 Å². The van der Waals surface area contributed by atoms with E-state index in [1.165, 1.54) is 7.11 Å². The summed E-state index contributed by atoms with van der Waals surface area (Å²) in [5, 5.41) is 18.5. The van der Waals surface area contributed by atoms with Crippen molar-refractivity contribution in [2.75, 3.05) is 7.11 Å². The second-order valence-electron chi connectivity index (χ2n) is 3.01. The third kappa shape index (κ3) is 5.60. The van der Waals surface area contributed by atoms with Crippen molar-refractivity contribution < 1.29 is 19.7 Å². The van der Waals surface area contributed by atoms with Crippen LogP contribution in [0.3, 0.4) is 0 Å². The largest absolute Gasteiger partial charge is 0.469 e. The lowest BCUT2D eigenvalue weighted by atomic mass is 10.1. The molecule has 0 radical (unpaired) electrons. The van der Waals surface area contributed by atoms with Gasteiger partial charge in [0.05, 0.1) is 19.3 Å². The van der Waals surface area contributed by atoms with Crippen molar-refractivity contribution in [3.8, 4) is 0 Å². The van der Waals surface area contributed by atoms with E-state index in [-0.39, 0.29) is 5.97 Å². The predicted molar refractivity (Wildman–Crippen MR) is 48.2 cm³/mol. The molecule has 0 rings (SSSR count). The number of aliphatic hydroxyl groups is 2. The lowest BCUT2D eigenvalue weighted by Crippen LogP contribution is -2.24. The summed E-state index contributed by atoms with van der Waals surface area (Å²) in [5.74, 6) is -0.279. The summed E-state index contributed by atoms with van der Waals surface area (Å²) in [6, 6.07) is 0. The fourth-order valence-electron chi connectivity index (χ4n) is 1.02. The van der Waals surface area contributed by atoms with Gasteiger partial charge < -0.3 is 14.9 Å². The topological polar surface area (TPSA) is 66.8 Å². The molecule has 0 unspecified atom stereocenters. The Labute approximate surface area is 78.5 Å². The zero-order valence-electron chi connectivity index (χ0n) is 8.19. The van der Waals surface area contributed by atoms with Gasteiger partial charge in [-0.2, -0.15) is 0 Å². The number of esters is 1. The lowest BCUT2D eigenvalue weighted by Gasteiger charge is -2.15. The van der Waals surface area contributed by atoms with Crippen molar-refractivity contribution in [3.05, 3.63) is 0 Å². The molecule has 0 aromatic heterocycles. The third-order valence-corrected chi connectivity index (χ3v) is 1.97. The van der Waals surface area contributed by atoms with E-state index in [1.54, 1.807) is 6.92 Å². The van der Waals surface area contributed by atoms with E-state index in [1.807, 2.05) is 0 Å². The fraction of sp³-hybridized carbons (Fsp3) is 0.889. The van der Waals surface area contributed by atoms with Crippen molar-refractivity contribution in [3.63, 3.8) is 0 Å². The zero-order chi connectivity index (χ0) is 10.3. The van der Waals surface area contributed by atoms with E-state index < -0.39 is 12.2 Å². The molecule has 0 aromatic carbocycles. The van der Waals surface area contributed by atoms with Crippen LogP contribution < -0.4 is 0 Å². The van der Waals surface area contributed by atoms with E-state index in [2.05, 4.69) is 4.74 Å². The van der Waals surface area contributed by atoms with Crippen molar-refractivity contribution in [1.29, 1.82) is 0 Å². The molecule has 0 heterocycles. The summed E-state index contributed by atoms with van der Waals surface area (Å²) in [6.07, 6.45) is 0.394. The Morgan fingerprint density at radius 2 is 2.00 bits per heavy atom. The van der Waals surface area contributed by atoms with Crippen LogP contribution in [0.5, 0.6) is 0 Å². The molecule has 0 bridgehead atoms. The summed E-state index contributed by atoms with van der Waals surface area (Å²) in [4.78, 5) is 10.7. The van der Waals surface area contributed by atoms with Gasteiger partial charge in [-0.1, -0.05) is 6.92 Å². The Bertz CT molecular complexity index is 147. The van der Waals surface area contributed by atoms with Crippen LogP contribution in [0, 0.1) is 0 Å². The molecule has 0 saturated heterocycles. The van der Waals surface area contributed by atoms with E-state index in [4.69, 9.17) is 0 Å². The Kier molecular flexibility index (Phi) is 6.54. The molecule has 0 aliphatic heterocycles. The quantitative estimate of drug-likeness (QED) is 0.597. The zero-order valence-corrected chi connectivity index (χ0v) is 8.19. The lowest BCUT2D eigenvalue weighted by molar-refractivity contribution is -0.140. The van der Waals surface area contributed by atoms with Gasteiger partial charge in [-0.3, -0.25) is 4.79 Å². The van der Waals surface area contributed by atoms with Crippen LogP contribution in [0.2, 0.25) is 0 Å². The second-order valence-corrected chi connectivity index (χ2v) is 3.01. The van der Waals surface area contributed by atoms with E-state index in [9.17, 15) is 15.0 Å². The second kappa shape index (κ2) is 6.86.